The van der Waals surface area contributed by atoms with Crippen molar-refractivity contribution in [3.8, 4) is 0 Å². The van der Waals surface area contributed by atoms with Gasteiger partial charge in [0.15, 0.2) is 0 Å². The summed E-state index contributed by atoms with van der Waals surface area (Å²) in [4.78, 5) is 0. The molecule has 0 unspecified atom stereocenters. The highest BCUT2D eigenvalue weighted by Crippen LogP contribution is 1.84. The van der Waals surface area contributed by atoms with E-state index >= 15 is 0 Å². The Labute approximate surface area is 140 Å². The number of aliphatic hydroxyl groups is 1. The van der Waals surface area contributed by atoms with Crippen molar-refractivity contribution in [2.75, 3.05) is 85.8 Å². The minimum atomic E-state index is 0.0456. The van der Waals surface area contributed by atoms with Crippen LogP contribution in [0.3, 0.4) is 0 Å². The standard InChI is InChI=1S/C16H35NO6/c1-2-3-4-17-5-7-19-9-11-21-13-15-23-16-14-22-12-10-20-8-6-18/h17-18H,2-16H2,1H3. The fourth-order valence-corrected chi connectivity index (χ4v) is 1.62. The summed E-state index contributed by atoms with van der Waals surface area (Å²) < 4.78 is 26.5. The molecule has 23 heavy (non-hydrogen) atoms. The van der Waals surface area contributed by atoms with Crippen molar-refractivity contribution in [1.29, 1.82) is 0 Å². The molecule has 0 fully saturated rings. The third-order valence-corrected chi connectivity index (χ3v) is 2.85. The first-order chi connectivity index (χ1) is 11.4. The first-order valence-electron chi connectivity index (χ1n) is 8.62. The molecule has 0 heterocycles. The summed E-state index contributed by atoms with van der Waals surface area (Å²) in [5, 5.41) is 11.8. The molecule has 0 aromatic rings. The lowest BCUT2D eigenvalue weighted by Crippen LogP contribution is -2.21. The van der Waals surface area contributed by atoms with E-state index in [-0.39, 0.29) is 6.61 Å². The number of ether oxygens (including phenoxy) is 5. The molecule has 0 spiro atoms. The molecule has 0 aromatic carbocycles. The molecule has 0 bridgehead atoms. The third kappa shape index (κ3) is 21.7. The van der Waals surface area contributed by atoms with Crippen LogP contribution < -0.4 is 5.32 Å². The van der Waals surface area contributed by atoms with Crippen LogP contribution in [0.15, 0.2) is 0 Å². The summed E-state index contributed by atoms with van der Waals surface area (Å²) in [5.41, 5.74) is 0. The Balaban J connectivity index is 2.92. The summed E-state index contributed by atoms with van der Waals surface area (Å²) in [6.45, 7) is 9.71. The summed E-state index contributed by atoms with van der Waals surface area (Å²) >= 11 is 0. The molecule has 0 radical (unpaired) electrons. The summed E-state index contributed by atoms with van der Waals surface area (Å²) in [6.07, 6.45) is 2.43. The monoisotopic (exact) mass is 337 g/mol. The Kier molecular flexibility index (Phi) is 21.5. The molecule has 2 N–H and O–H groups in total. The second-order valence-corrected chi connectivity index (χ2v) is 4.89. The maximum Gasteiger partial charge on any atom is 0.0701 e. The summed E-state index contributed by atoms with van der Waals surface area (Å²) in [6, 6.07) is 0. The molecule has 0 atom stereocenters. The fourth-order valence-electron chi connectivity index (χ4n) is 1.62. The first kappa shape index (κ1) is 22.7. The SMILES string of the molecule is CCCCNCCOCCOCCOCCOCCOCCO. The van der Waals surface area contributed by atoms with Gasteiger partial charge in [0.05, 0.1) is 72.7 Å². The van der Waals surface area contributed by atoms with Crippen LogP contribution in [0.2, 0.25) is 0 Å². The highest BCUT2D eigenvalue weighted by atomic mass is 16.6. The first-order valence-corrected chi connectivity index (χ1v) is 8.62. The highest BCUT2D eigenvalue weighted by molar-refractivity contribution is 4.45. The van der Waals surface area contributed by atoms with Crippen molar-refractivity contribution < 1.29 is 28.8 Å². The zero-order valence-corrected chi connectivity index (χ0v) is 14.6. The number of hydrogen-bond acceptors (Lipinski definition) is 7. The second kappa shape index (κ2) is 21.7. The minimum Gasteiger partial charge on any atom is -0.394 e. The summed E-state index contributed by atoms with van der Waals surface area (Å²) in [7, 11) is 0. The topological polar surface area (TPSA) is 78.4 Å². The lowest BCUT2D eigenvalue weighted by atomic mass is 10.3. The van der Waals surface area contributed by atoms with Crippen LogP contribution in [0.4, 0.5) is 0 Å². The van der Waals surface area contributed by atoms with Crippen molar-refractivity contribution >= 4 is 0 Å². The predicted octanol–water partition coefficient (Wildman–Crippen LogP) is 0.451. The molecule has 140 valence electrons. The van der Waals surface area contributed by atoms with Crippen LogP contribution in [0.25, 0.3) is 0 Å². The number of nitrogens with one attached hydrogen (secondary N) is 1. The highest BCUT2D eigenvalue weighted by Gasteiger charge is 1.93. The second-order valence-electron chi connectivity index (χ2n) is 4.89. The normalized spacial score (nSPS) is 11.2. The van der Waals surface area contributed by atoms with Crippen molar-refractivity contribution in [2.45, 2.75) is 19.8 Å². The number of rotatable bonds is 20. The fraction of sp³-hybridized carbons (Fsp3) is 1.00. The van der Waals surface area contributed by atoms with E-state index in [1.807, 2.05) is 0 Å². The molecule has 0 aliphatic rings. The van der Waals surface area contributed by atoms with Gasteiger partial charge in [0.1, 0.15) is 0 Å². The van der Waals surface area contributed by atoms with Crippen LogP contribution in [-0.2, 0) is 23.7 Å². The number of aliphatic hydroxyl groups excluding tert-OH is 1. The van der Waals surface area contributed by atoms with Crippen LogP contribution in [0.5, 0.6) is 0 Å². The zero-order chi connectivity index (χ0) is 16.8. The van der Waals surface area contributed by atoms with E-state index in [1.54, 1.807) is 0 Å². The zero-order valence-electron chi connectivity index (χ0n) is 14.6. The summed E-state index contributed by atoms with van der Waals surface area (Å²) in [5.74, 6) is 0. The van der Waals surface area contributed by atoms with Gasteiger partial charge in [-0.2, -0.15) is 0 Å². The van der Waals surface area contributed by atoms with Gasteiger partial charge < -0.3 is 34.1 Å². The largest absolute Gasteiger partial charge is 0.394 e. The minimum absolute atomic E-state index is 0.0456. The van der Waals surface area contributed by atoms with Crippen molar-refractivity contribution in [3.05, 3.63) is 0 Å². The van der Waals surface area contributed by atoms with E-state index in [0.29, 0.717) is 59.5 Å². The Bertz CT molecular complexity index is 189. The van der Waals surface area contributed by atoms with Gasteiger partial charge in [-0.05, 0) is 13.0 Å². The Morgan fingerprint density at radius 2 is 1.04 bits per heavy atom. The van der Waals surface area contributed by atoms with Gasteiger partial charge >= 0.3 is 0 Å². The lowest BCUT2D eigenvalue weighted by molar-refractivity contribution is -0.0130. The molecule has 0 aliphatic heterocycles. The van der Waals surface area contributed by atoms with E-state index in [4.69, 9.17) is 28.8 Å². The molecule has 0 saturated carbocycles. The van der Waals surface area contributed by atoms with Crippen LogP contribution in [-0.4, -0.2) is 90.9 Å². The average molecular weight is 337 g/mol. The van der Waals surface area contributed by atoms with Crippen LogP contribution in [0.1, 0.15) is 19.8 Å². The molecule has 0 aliphatic carbocycles. The van der Waals surface area contributed by atoms with E-state index in [1.165, 1.54) is 12.8 Å². The van der Waals surface area contributed by atoms with Crippen molar-refractivity contribution in [3.63, 3.8) is 0 Å². The smallest absolute Gasteiger partial charge is 0.0701 e. The van der Waals surface area contributed by atoms with Crippen molar-refractivity contribution in [2.24, 2.45) is 0 Å². The van der Waals surface area contributed by atoms with Gasteiger partial charge in [-0.15, -0.1) is 0 Å². The molecule has 0 aromatic heterocycles. The van der Waals surface area contributed by atoms with Gasteiger partial charge in [0, 0.05) is 6.54 Å². The quantitative estimate of drug-likeness (QED) is 0.312. The Hall–Kier alpha value is -0.280. The van der Waals surface area contributed by atoms with E-state index in [2.05, 4.69) is 12.2 Å². The molecule has 0 saturated heterocycles. The molecule has 0 amide bonds. The predicted molar refractivity (Wildman–Crippen MR) is 89.0 cm³/mol. The van der Waals surface area contributed by atoms with Gasteiger partial charge in [-0.1, -0.05) is 13.3 Å². The molecule has 7 nitrogen and oxygen atoms in total. The maximum atomic E-state index is 8.50. The number of unbranched alkanes of at least 4 members (excludes halogenated alkanes) is 1. The molecule has 0 rings (SSSR count). The number of hydrogen-bond donors (Lipinski definition) is 2. The molecular formula is C16H35NO6. The van der Waals surface area contributed by atoms with E-state index < -0.39 is 0 Å². The van der Waals surface area contributed by atoms with Gasteiger partial charge in [-0.3, -0.25) is 0 Å². The lowest BCUT2D eigenvalue weighted by Gasteiger charge is -2.08. The van der Waals surface area contributed by atoms with Gasteiger partial charge in [0.25, 0.3) is 0 Å². The third-order valence-electron chi connectivity index (χ3n) is 2.85. The van der Waals surface area contributed by atoms with Crippen LogP contribution in [0, 0.1) is 0 Å². The molecular weight excluding hydrogens is 302 g/mol. The Morgan fingerprint density at radius 3 is 1.48 bits per heavy atom. The van der Waals surface area contributed by atoms with Crippen molar-refractivity contribution in [1.82, 2.24) is 5.32 Å². The maximum absolute atomic E-state index is 8.50. The van der Waals surface area contributed by atoms with Crippen LogP contribution >= 0.6 is 0 Å². The van der Waals surface area contributed by atoms with Gasteiger partial charge in [-0.25, -0.2) is 0 Å². The van der Waals surface area contributed by atoms with E-state index in [9.17, 15) is 0 Å². The Morgan fingerprint density at radius 1 is 0.609 bits per heavy atom. The molecule has 7 heteroatoms. The van der Waals surface area contributed by atoms with Gasteiger partial charge in [0.2, 0.25) is 0 Å². The average Bonchev–Trinajstić information content (AvgIpc) is 2.57. The van der Waals surface area contributed by atoms with E-state index in [0.717, 1.165) is 19.7 Å².